The summed E-state index contributed by atoms with van der Waals surface area (Å²) in [4.78, 5) is 4.82. The van der Waals surface area contributed by atoms with Crippen LogP contribution in [-0.4, -0.2) is 30.6 Å². The zero-order valence-electron chi connectivity index (χ0n) is 18.1. The minimum absolute atomic E-state index is 0.191. The van der Waals surface area contributed by atoms with Crippen LogP contribution in [0.2, 0.25) is 0 Å². The van der Waals surface area contributed by atoms with Crippen LogP contribution in [0.15, 0.2) is 41.3 Å². The highest BCUT2D eigenvalue weighted by Gasteiger charge is 2.29. The summed E-state index contributed by atoms with van der Waals surface area (Å²) >= 11 is 0. The number of ether oxygens (including phenoxy) is 1. The zero-order valence-corrected chi connectivity index (χ0v) is 19.0. The standard InChI is InChI=1S/C23H26N4O3S/c1-23(2,3)26-31(28,29)17-10-8-15(9-11-17)21-19(14-24)18-12-13-20(30-4)25-22(18)27(21)16-6-5-7-16/h8-13,16,26H,5-7H2,1-4H3. The lowest BCUT2D eigenvalue weighted by Gasteiger charge is -2.29. The van der Waals surface area contributed by atoms with Crippen LogP contribution >= 0.6 is 0 Å². The quantitative estimate of drug-likeness (QED) is 0.637. The van der Waals surface area contributed by atoms with Gasteiger partial charge in [0.25, 0.3) is 0 Å². The molecule has 7 nitrogen and oxygen atoms in total. The number of rotatable bonds is 5. The molecule has 2 aromatic heterocycles. The Hall–Kier alpha value is -2.89. The molecule has 1 N–H and O–H groups in total. The van der Waals surface area contributed by atoms with Gasteiger partial charge in [0.15, 0.2) is 0 Å². The molecule has 0 radical (unpaired) electrons. The molecule has 0 bridgehead atoms. The zero-order chi connectivity index (χ0) is 22.4. The van der Waals surface area contributed by atoms with Gasteiger partial charge in [-0.25, -0.2) is 13.1 Å². The largest absolute Gasteiger partial charge is 0.481 e. The number of hydrogen-bond acceptors (Lipinski definition) is 5. The van der Waals surface area contributed by atoms with Crippen LogP contribution in [0.4, 0.5) is 0 Å². The van der Waals surface area contributed by atoms with E-state index >= 15 is 0 Å². The molecule has 0 unspecified atom stereocenters. The number of nitrogens with zero attached hydrogens (tertiary/aromatic N) is 3. The van der Waals surface area contributed by atoms with Crippen molar-refractivity contribution in [3.05, 3.63) is 42.0 Å². The van der Waals surface area contributed by atoms with Crippen molar-refractivity contribution in [3.63, 3.8) is 0 Å². The first-order valence-electron chi connectivity index (χ1n) is 10.3. The van der Waals surface area contributed by atoms with E-state index in [4.69, 9.17) is 4.74 Å². The molecule has 3 aromatic rings. The van der Waals surface area contributed by atoms with E-state index in [1.807, 2.05) is 6.07 Å². The van der Waals surface area contributed by atoms with Crippen molar-refractivity contribution in [1.29, 1.82) is 5.26 Å². The molecule has 0 spiro atoms. The van der Waals surface area contributed by atoms with Gasteiger partial charge >= 0.3 is 0 Å². The van der Waals surface area contributed by atoms with E-state index in [1.54, 1.807) is 58.2 Å². The summed E-state index contributed by atoms with van der Waals surface area (Å²) in [7, 11) is -2.07. The Kier molecular flexibility index (Phi) is 5.28. The second kappa shape index (κ2) is 7.66. The predicted octanol–water partition coefficient (Wildman–Crippen LogP) is 4.39. The molecule has 1 aliphatic carbocycles. The van der Waals surface area contributed by atoms with E-state index in [0.29, 0.717) is 11.4 Å². The molecule has 1 saturated carbocycles. The van der Waals surface area contributed by atoms with Crippen molar-refractivity contribution in [2.24, 2.45) is 0 Å². The Morgan fingerprint density at radius 2 is 1.84 bits per heavy atom. The third-order valence-electron chi connectivity index (χ3n) is 5.46. The van der Waals surface area contributed by atoms with Gasteiger partial charge in [-0.2, -0.15) is 10.2 Å². The van der Waals surface area contributed by atoms with Gasteiger partial charge in [0, 0.05) is 23.0 Å². The molecule has 0 atom stereocenters. The number of fused-ring (bicyclic) bond motifs is 1. The normalized spacial score (nSPS) is 14.9. The Balaban J connectivity index is 1.87. The number of aromatic nitrogens is 2. The molecular formula is C23H26N4O3S. The van der Waals surface area contributed by atoms with Crippen molar-refractivity contribution in [2.45, 2.75) is 56.5 Å². The average molecular weight is 439 g/mol. The lowest BCUT2D eigenvalue weighted by atomic mass is 9.92. The molecule has 0 aliphatic heterocycles. The van der Waals surface area contributed by atoms with Crippen molar-refractivity contribution < 1.29 is 13.2 Å². The first-order valence-corrected chi connectivity index (χ1v) is 11.8. The monoisotopic (exact) mass is 438 g/mol. The SMILES string of the molecule is COc1ccc2c(C#N)c(-c3ccc(S(=O)(=O)NC(C)(C)C)cc3)n(C3CCC3)c2n1. The van der Waals surface area contributed by atoms with Gasteiger partial charge in [-0.1, -0.05) is 12.1 Å². The lowest BCUT2D eigenvalue weighted by molar-refractivity contribution is 0.322. The highest BCUT2D eigenvalue weighted by atomic mass is 32.2. The molecule has 31 heavy (non-hydrogen) atoms. The van der Waals surface area contributed by atoms with Crippen LogP contribution in [0.3, 0.4) is 0 Å². The molecule has 1 fully saturated rings. The van der Waals surface area contributed by atoms with Crippen molar-refractivity contribution in [3.8, 4) is 23.2 Å². The number of nitrogens with one attached hydrogen (secondary N) is 1. The Bertz CT molecular complexity index is 1280. The Morgan fingerprint density at radius 3 is 2.35 bits per heavy atom. The number of benzene rings is 1. The third kappa shape index (κ3) is 3.91. The maximum atomic E-state index is 12.7. The van der Waals surface area contributed by atoms with Crippen LogP contribution in [0.25, 0.3) is 22.3 Å². The summed E-state index contributed by atoms with van der Waals surface area (Å²) in [6.45, 7) is 5.41. The van der Waals surface area contributed by atoms with Crippen LogP contribution in [0.1, 0.15) is 51.6 Å². The summed E-state index contributed by atoms with van der Waals surface area (Å²) in [5.74, 6) is 0.497. The van der Waals surface area contributed by atoms with E-state index in [9.17, 15) is 13.7 Å². The van der Waals surface area contributed by atoms with Gasteiger partial charge in [-0.05, 0) is 63.8 Å². The second-order valence-electron chi connectivity index (χ2n) is 8.89. The fourth-order valence-corrected chi connectivity index (χ4v) is 5.35. The second-order valence-corrected chi connectivity index (χ2v) is 10.6. The first kappa shape index (κ1) is 21.3. The molecule has 1 aliphatic rings. The molecular weight excluding hydrogens is 412 g/mol. The van der Waals surface area contributed by atoms with Crippen molar-refractivity contribution >= 4 is 21.1 Å². The van der Waals surface area contributed by atoms with Crippen LogP contribution in [-0.2, 0) is 10.0 Å². The average Bonchev–Trinajstić information content (AvgIpc) is 2.98. The van der Waals surface area contributed by atoms with E-state index in [2.05, 4.69) is 20.3 Å². The lowest BCUT2D eigenvalue weighted by Crippen LogP contribution is -2.40. The van der Waals surface area contributed by atoms with E-state index in [0.717, 1.165) is 41.6 Å². The number of hydrogen-bond donors (Lipinski definition) is 1. The molecule has 162 valence electrons. The summed E-state index contributed by atoms with van der Waals surface area (Å²) in [5, 5.41) is 10.7. The van der Waals surface area contributed by atoms with Gasteiger partial charge in [-0.3, -0.25) is 0 Å². The van der Waals surface area contributed by atoms with E-state index < -0.39 is 15.6 Å². The topological polar surface area (TPSA) is 97.0 Å². The number of nitriles is 1. The van der Waals surface area contributed by atoms with Gasteiger partial charge in [0.05, 0.1) is 23.3 Å². The third-order valence-corrected chi connectivity index (χ3v) is 7.24. The predicted molar refractivity (Wildman–Crippen MR) is 119 cm³/mol. The van der Waals surface area contributed by atoms with E-state index in [-0.39, 0.29) is 10.9 Å². The molecule has 1 aromatic carbocycles. The number of pyridine rings is 1. The van der Waals surface area contributed by atoms with Gasteiger partial charge in [0.1, 0.15) is 11.7 Å². The highest BCUT2D eigenvalue weighted by Crippen LogP contribution is 2.42. The molecule has 2 heterocycles. The van der Waals surface area contributed by atoms with Crippen LogP contribution in [0, 0.1) is 11.3 Å². The Morgan fingerprint density at radius 1 is 1.16 bits per heavy atom. The summed E-state index contributed by atoms with van der Waals surface area (Å²) in [6.07, 6.45) is 3.16. The fourth-order valence-electron chi connectivity index (χ4n) is 3.93. The number of methoxy groups -OCH3 is 1. The van der Waals surface area contributed by atoms with Crippen LogP contribution < -0.4 is 9.46 Å². The van der Waals surface area contributed by atoms with Crippen molar-refractivity contribution in [2.75, 3.05) is 7.11 Å². The van der Waals surface area contributed by atoms with Crippen molar-refractivity contribution in [1.82, 2.24) is 14.3 Å². The highest BCUT2D eigenvalue weighted by molar-refractivity contribution is 7.89. The fraction of sp³-hybridized carbons (Fsp3) is 0.391. The summed E-state index contributed by atoms with van der Waals surface area (Å²) in [5.41, 5.74) is 2.25. The molecule has 0 saturated heterocycles. The summed E-state index contributed by atoms with van der Waals surface area (Å²) in [6, 6.07) is 12.9. The molecule has 0 amide bonds. The molecule has 4 rings (SSSR count). The van der Waals surface area contributed by atoms with Gasteiger partial charge in [-0.15, -0.1) is 0 Å². The van der Waals surface area contributed by atoms with Crippen LogP contribution in [0.5, 0.6) is 5.88 Å². The minimum atomic E-state index is -3.64. The smallest absolute Gasteiger partial charge is 0.241 e. The van der Waals surface area contributed by atoms with Gasteiger partial charge in [0.2, 0.25) is 15.9 Å². The Labute approximate surface area is 182 Å². The first-order chi connectivity index (χ1) is 14.6. The maximum Gasteiger partial charge on any atom is 0.241 e. The number of sulfonamides is 1. The minimum Gasteiger partial charge on any atom is -0.481 e. The maximum absolute atomic E-state index is 12.7. The van der Waals surface area contributed by atoms with Gasteiger partial charge < -0.3 is 9.30 Å². The molecule has 8 heteroatoms. The summed E-state index contributed by atoms with van der Waals surface area (Å²) < 4.78 is 35.4. The van der Waals surface area contributed by atoms with E-state index in [1.165, 1.54) is 0 Å².